The summed E-state index contributed by atoms with van der Waals surface area (Å²) in [6.07, 6.45) is -3.12. The number of hydrogen-bond donors (Lipinski definition) is 2. The highest BCUT2D eigenvalue weighted by Gasteiger charge is 2.31. The number of benzene rings is 1. The number of aromatic nitrogens is 3. The molecule has 3 rings (SSSR count). The number of aliphatic hydroxyl groups excluding tert-OH is 1. The molecule has 0 saturated carbocycles. The highest BCUT2D eigenvalue weighted by molar-refractivity contribution is 5.83. The number of fused-ring (bicyclic) bond motifs is 3. The summed E-state index contributed by atoms with van der Waals surface area (Å²) in [5.41, 5.74) is -0.502. The Morgan fingerprint density at radius 3 is 2.74 bits per heavy atom. The van der Waals surface area contributed by atoms with Crippen molar-refractivity contribution in [2.45, 2.75) is 12.6 Å². The Hall–Kier alpha value is -2.42. The Morgan fingerprint density at radius 1 is 1.26 bits per heavy atom. The van der Waals surface area contributed by atoms with E-state index in [1.165, 1.54) is 6.07 Å². The lowest BCUT2D eigenvalue weighted by Gasteiger charge is -2.11. The first kappa shape index (κ1) is 15.5. The first-order chi connectivity index (χ1) is 10.9. The number of alkyl halides is 3. The molecule has 0 radical (unpaired) electrons. The average Bonchev–Trinajstić information content (AvgIpc) is 2.88. The molecule has 122 valence electrons. The van der Waals surface area contributed by atoms with Gasteiger partial charge in [-0.25, -0.2) is 9.97 Å². The fraction of sp³-hybridized carbons (Fsp3) is 0.286. The zero-order chi connectivity index (χ0) is 16.6. The zero-order valence-corrected chi connectivity index (χ0v) is 11.7. The number of anilines is 1. The van der Waals surface area contributed by atoms with Crippen LogP contribution in [0.3, 0.4) is 0 Å². The molecule has 2 heterocycles. The molecule has 0 aliphatic rings. The lowest BCUT2D eigenvalue weighted by Crippen LogP contribution is -2.09. The molecule has 3 aromatic rings. The van der Waals surface area contributed by atoms with Crippen molar-refractivity contribution >= 4 is 22.5 Å². The number of imidazole rings is 1. The minimum absolute atomic E-state index is 0.00396. The van der Waals surface area contributed by atoms with E-state index in [9.17, 15) is 17.6 Å². The molecule has 2 aromatic heterocycles. The van der Waals surface area contributed by atoms with E-state index in [-0.39, 0.29) is 29.1 Å². The van der Waals surface area contributed by atoms with Gasteiger partial charge in [0.2, 0.25) is 5.95 Å². The minimum Gasteiger partial charge on any atom is -0.396 e. The van der Waals surface area contributed by atoms with E-state index in [1.54, 1.807) is 0 Å². The molecule has 0 atom stereocenters. The lowest BCUT2D eigenvalue weighted by atomic mass is 10.2. The van der Waals surface area contributed by atoms with Gasteiger partial charge in [-0.1, -0.05) is 0 Å². The fourth-order valence-electron chi connectivity index (χ4n) is 2.28. The van der Waals surface area contributed by atoms with Gasteiger partial charge in [0, 0.05) is 13.2 Å². The summed E-state index contributed by atoms with van der Waals surface area (Å²) in [6, 6.07) is 2.91. The third kappa shape index (κ3) is 2.79. The Balaban J connectivity index is 2.21. The largest absolute Gasteiger partial charge is 0.416 e. The smallest absolute Gasteiger partial charge is 0.396 e. The highest BCUT2D eigenvalue weighted by atomic mass is 19.4. The zero-order valence-electron chi connectivity index (χ0n) is 11.7. The van der Waals surface area contributed by atoms with Crippen LogP contribution >= 0.6 is 0 Å². The quantitative estimate of drug-likeness (QED) is 0.571. The average molecular weight is 328 g/mol. The molecule has 0 amide bonds. The SMILES string of the molecule is OCCCNc1nc2cc(C(F)(F)F)ccc2n2c(F)cnc12. The Morgan fingerprint density at radius 2 is 2.04 bits per heavy atom. The number of nitrogens with zero attached hydrogens (tertiary/aromatic N) is 3. The maximum absolute atomic E-state index is 14.0. The second kappa shape index (κ2) is 5.65. The van der Waals surface area contributed by atoms with E-state index in [1.807, 2.05) is 0 Å². The van der Waals surface area contributed by atoms with Crippen molar-refractivity contribution in [1.82, 2.24) is 14.4 Å². The second-order valence-corrected chi connectivity index (χ2v) is 4.91. The number of halogens is 4. The summed E-state index contributed by atoms with van der Waals surface area (Å²) in [5, 5.41) is 11.6. The van der Waals surface area contributed by atoms with Crippen molar-refractivity contribution < 1.29 is 22.7 Å². The molecule has 2 N–H and O–H groups in total. The van der Waals surface area contributed by atoms with Crippen LogP contribution in [0.25, 0.3) is 16.7 Å². The summed E-state index contributed by atoms with van der Waals surface area (Å²) in [5.74, 6) is -0.536. The van der Waals surface area contributed by atoms with Crippen molar-refractivity contribution in [1.29, 1.82) is 0 Å². The van der Waals surface area contributed by atoms with E-state index in [2.05, 4.69) is 15.3 Å². The molecule has 0 unspecified atom stereocenters. The molecular weight excluding hydrogens is 316 g/mol. The molecule has 9 heteroatoms. The molecule has 0 aliphatic carbocycles. The molecule has 0 aliphatic heterocycles. The van der Waals surface area contributed by atoms with Crippen LogP contribution in [0.1, 0.15) is 12.0 Å². The molecule has 0 spiro atoms. The van der Waals surface area contributed by atoms with Gasteiger partial charge >= 0.3 is 6.18 Å². The minimum atomic E-state index is -4.51. The van der Waals surface area contributed by atoms with Crippen molar-refractivity contribution in [3.63, 3.8) is 0 Å². The van der Waals surface area contributed by atoms with E-state index in [4.69, 9.17) is 5.11 Å². The predicted octanol–water partition coefficient (Wildman–Crippen LogP) is 2.83. The van der Waals surface area contributed by atoms with Gasteiger partial charge in [0.1, 0.15) is 0 Å². The Labute approximate surface area is 127 Å². The number of hydrogen-bond acceptors (Lipinski definition) is 4. The number of rotatable bonds is 4. The van der Waals surface area contributed by atoms with Gasteiger partial charge < -0.3 is 10.4 Å². The number of aliphatic hydroxyl groups is 1. The summed E-state index contributed by atoms with van der Waals surface area (Å²) in [6.45, 7) is 0.274. The van der Waals surface area contributed by atoms with Crippen LogP contribution in [0.4, 0.5) is 23.4 Å². The van der Waals surface area contributed by atoms with E-state index in [0.29, 0.717) is 13.0 Å². The lowest BCUT2D eigenvalue weighted by molar-refractivity contribution is -0.137. The topological polar surface area (TPSA) is 62.5 Å². The van der Waals surface area contributed by atoms with Crippen molar-refractivity contribution in [3.05, 3.63) is 35.9 Å². The van der Waals surface area contributed by atoms with Crippen molar-refractivity contribution in [2.75, 3.05) is 18.5 Å². The van der Waals surface area contributed by atoms with Crippen LogP contribution in [0.5, 0.6) is 0 Å². The van der Waals surface area contributed by atoms with Crippen molar-refractivity contribution in [3.8, 4) is 0 Å². The van der Waals surface area contributed by atoms with Crippen LogP contribution in [0.2, 0.25) is 0 Å². The molecular formula is C14H12F4N4O. The van der Waals surface area contributed by atoms with Gasteiger partial charge in [0.05, 0.1) is 22.8 Å². The van der Waals surface area contributed by atoms with Gasteiger partial charge in [-0.05, 0) is 24.6 Å². The summed E-state index contributed by atoms with van der Waals surface area (Å²) in [4.78, 5) is 8.02. The molecule has 5 nitrogen and oxygen atoms in total. The third-order valence-corrected chi connectivity index (χ3v) is 3.33. The monoisotopic (exact) mass is 328 g/mol. The van der Waals surface area contributed by atoms with E-state index >= 15 is 0 Å². The predicted molar refractivity (Wildman–Crippen MR) is 75.6 cm³/mol. The summed E-state index contributed by atoms with van der Waals surface area (Å²) >= 11 is 0. The second-order valence-electron chi connectivity index (χ2n) is 4.91. The Bertz CT molecular complexity index is 859. The van der Waals surface area contributed by atoms with Gasteiger partial charge in [-0.15, -0.1) is 0 Å². The van der Waals surface area contributed by atoms with Gasteiger partial charge in [-0.2, -0.15) is 17.6 Å². The Kier molecular flexibility index (Phi) is 3.80. The first-order valence-electron chi connectivity index (χ1n) is 6.80. The summed E-state index contributed by atoms with van der Waals surface area (Å²) in [7, 11) is 0. The fourth-order valence-corrected chi connectivity index (χ4v) is 2.28. The van der Waals surface area contributed by atoms with Gasteiger partial charge in [-0.3, -0.25) is 4.40 Å². The molecule has 0 saturated heterocycles. The highest BCUT2D eigenvalue weighted by Crippen LogP contribution is 2.32. The summed E-state index contributed by atoms with van der Waals surface area (Å²) < 4.78 is 53.6. The first-order valence-corrected chi connectivity index (χ1v) is 6.80. The maximum atomic E-state index is 14.0. The van der Waals surface area contributed by atoms with Crippen LogP contribution in [-0.2, 0) is 6.18 Å². The van der Waals surface area contributed by atoms with E-state index in [0.717, 1.165) is 22.7 Å². The molecule has 23 heavy (non-hydrogen) atoms. The van der Waals surface area contributed by atoms with Gasteiger partial charge in [0.15, 0.2) is 11.5 Å². The third-order valence-electron chi connectivity index (χ3n) is 3.33. The standard InChI is InChI=1S/C14H12F4N4O/c15-11-7-20-13-12(19-4-1-5-23)21-9-6-8(14(16,17)18)2-3-10(9)22(11)13/h2-3,6-7,23H,1,4-5H2,(H,19,21). The normalized spacial score (nSPS) is 12.2. The van der Waals surface area contributed by atoms with E-state index < -0.39 is 17.7 Å². The van der Waals surface area contributed by atoms with Crippen molar-refractivity contribution in [2.24, 2.45) is 0 Å². The van der Waals surface area contributed by atoms with Crippen LogP contribution in [0, 0.1) is 5.95 Å². The van der Waals surface area contributed by atoms with Crippen LogP contribution in [-0.4, -0.2) is 32.6 Å². The number of nitrogens with one attached hydrogen (secondary N) is 1. The molecule has 1 aromatic carbocycles. The molecule has 0 bridgehead atoms. The van der Waals surface area contributed by atoms with Crippen LogP contribution in [0.15, 0.2) is 24.4 Å². The molecule has 0 fully saturated rings. The van der Waals surface area contributed by atoms with Crippen LogP contribution < -0.4 is 5.32 Å². The van der Waals surface area contributed by atoms with Gasteiger partial charge in [0.25, 0.3) is 0 Å². The maximum Gasteiger partial charge on any atom is 0.416 e.